The summed E-state index contributed by atoms with van der Waals surface area (Å²) in [6, 6.07) is 6.48. The van der Waals surface area contributed by atoms with Crippen molar-refractivity contribution in [1.29, 1.82) is 0 Å². The van der Waals surface area contributed by atoms with Crippen LogP contribution in [0.2, 0.25) is 0 Å². The zero-order valence-corrected chi connectivity index (χ0v) is 10.00. The highest BCUT2D eigenvalue weighted by Gasteiger charge is 2.21. The van der Waals surface area contributed by atoms with Gasteiger partial charge in [-0.05, 0) is 30.0 Å². The van der Waals surface area contributed by atoms with Gasteiger partial charge in [0, 0.05) is 23.0 Å². The third-order valence-electron chi connectivity index (χ3n) is 3.00. The first-order valence-electron chi connectivity index (χ1n) is 5.12. The Morgan fingerprint density at radius 3 is 2.88 bits per heavy atom. The zero-order valence-electron chi connectivity index (χ0n) is 8.41. The molecule has 4 heteroatoms. The van der Waals surface area contributed by atoms with E-state index in [-0.39, 0.29) is 16.2 Å². The molecule has 0 spiro atoms. The van der Waals surface area contributed by atoms with Gasteiger partial charge in [0.25, 0.3) is 5.56 Å². The minimum Gasteiger partial charge on any atom is -0.307 e. The maximum Gasteiger partial charge on any atom is 0.251 e. The molecule has 2 nitrogen and oxygen atoms in total. The Morgan fingerprint density at radius 2 is 2.06 bits per heavy atom. The molecule has 0 saturated carbocycles. The van der Waals surface area contributed by atoms with Crippen molar-refractivity contribution < 1.29 is 4.39 Å². The number of alkyl halides is 1. The normalized spacial score (nSPS) is 19.0. The van der Waals surface area contributed by atoms with Gasteiger partial charge in [0.05, 0.1) is 5.52 Å². The molecule has 82 valence electrons. The van der Waals surface area contributed by atoms with Gasteiger partial charge in [0.15, 0.2) is 0 Å². The fraction of sp³-hybridized carbons (Fsp3) is 0.250. The fourth-order valence-corrected chi connectivity index (χ4v) is 2.92. The average Bonchev–Trinajstić information content (AvgIpc) is 2.27. The summed E-state index contributed by atoms with van der Waals surface area (Å²) in [4.78, 5) is 11.9. The van der Waals surface area contributed by atoms with Crippen LogP contribution in [0.1, 0.15) is 5.56 Å². The molecule has 1 atom stereocenters. The Hall–Kier alpha value is -1.16. The third-order valence-corrected chi connectivity index (χ3v) is 3.62. The summed E-state index contributed by atoms with van der Waals surface area (Å²) in [5, 5.41) is 0.926. The fourth-order valence-electron chi connectivity index (χ4n) is 2.30. The van der Waals surface area contributed by atoms with Crippen molar-refractivity contribution in [2.45, 2.75) is 17.8 Å². The lowest BCUT2D eigenvalue weighted by molar-refractivity contribution is 0.576. The van der Waals surface area contributed by atoms with Crippen LogP contribution in [0.5, 0.6) is 0 Å². The largest absolute Gasteiger partial charge is 0.307 e. The number of aromatic nitrogens is 1. The lowest BCUT2D eigenvalue weighted by Gasteiger charge is -2.23. The summed E-state index contributed by atoms with van der Waals surface area (Å²) < 4.78 is 15.4. The highest BCUT2D eigenvalue weighted by atomic mass is 79.9. The molecule has 2 aromatic rings. The second kappa shape index (κ2) is 3.42. The quantitative estimate of drug-likeness (QED) is 0.680. The van der Waals surface area contributed by atoms with Gasteiger partial charge >= 0.3 is 0 Å². The molecular formula is C12H9BrFNO. The molecule has 1 aromatic carbocycles. The van der Waals surface area contributed by atoms with Gasteiger partial charge in [0.1, 0.15) is 5.82 Å². The van der Waals surface area contributed by atoms with Crippen LogP contribution >= 0.6 is 15.9 Å². The van der Waals surface area contributed by atoms with Gasteiger partial charge in [-0.15, -0.1) is 0 Å². The summed E-state index contributed by atoms with van der Waals surface area (Å²) in [6.07, 6.45) is 0.632. The van der Waals surface area contributed by atoms with Crippen LogP contribution in [0.4, 0.5) is 4.39 Å². The van der Waals surface area contributed by atoms with Crippen LogP contribution in [0.15, 0.2) is 29.1 Å². The Morgan fingerprint density at radius 1 is 1.31 bits per heavy atom. The van der Waals surface area contributed by atoms with Crippen molar-refractivity contribution >= 4 is 26.8 Å². The molecule has 1 aliphatic rings. The Balaban J connectivity index is 2.51. The average molecular weight is 282 g/mol. The van der Waals surface area contributed by atoms with Gasteiger partial charge in [-0.1, -0.05) is 15.9 Å². The topological polar surface area (TPSA) is 22.0 Å². The van der Waals surface area contributed by atoms with Crippen molar-refractivity contribution in [3.63, 3.8) is 0 Å². The predicted octanol–water partition coefficient (Wildman–Crippen LogP) is 2.46. The summed E-state index contributed by atoms with van der Waals surface area (Å²) in [6.45, 7) is 0.604. The summed E-state index contributed by atoms with van der Waals surface area (Å²) in [7, 11) is 0. The maximum atomic E-state index is 13.7. The molecule has 3 rings (SSSR count). The number of hydrogen-bond acceptors (Lipinski definition) is 1. The van der Waals surface area contributed by atoms with Crippen LogP contribution in [0, 0.1) is 5.82 Å². The lowest BCUT2D eigenvalue weighted by Crippen LogP contribution is -2.29. The van der Waals surface area contributed by atoms with E-state index in [1.807, 2.05) is 0 Å². The summed E-state index contributed by atoms with van der Waals surface area (Å²) >= 11 is 3.47. The summed E-state index contributed by atoms with van der Waals surface area (Å²) in [5.74, 6) is -0.226. The number of rotatable bonds is 0. The molecule has 2 heterocycles. The van der Waals surface area contributed by atoms with E-state index < -0.39 is 0 Å². The number of benzene rings is 1. The molecule has 0 fully saturated rings. The van der Waals surface area contributed by atoms with Crippen LogP contribution in [-0.2, 0) is 13.0 Å². The maximum absolute atomic E-state index is 13.7. The van der Waals surface area contributed by atoms with Gasteiger partial charge in [-0.3, -0.25) is 4.79 Å². The van der Waals surface area contributed by atoms with E-state index in [4.69, 9.17) is 0 Å². The minimum atomic E-state index is -0.226. The molecule has 0 radical (unpaired) electrons. The van der Waals surface area contributed by atoms with E-state index in [1.165, 1.54) is 12.1 Å². The zero-order chi connectivity index (χ0) is 11.3. The van der Waals surface area contributed by atoms with E-state index >= 15 is 0 Å². The van der Waals surface area contributed by atoms with Crippen molar-refractivity contribution in [3.05, 3.63) is 46.0 Å². The molecule has 0 saturated heterocycles. The standard InChI is InChI=1S/C12H9BrFNO/c13-8-5-9-10(14)3-1-7-2-4-11(16)15(6-8)12(7)9/h1-4,8H,5-6H2. The highest BCUT2D eigenvalue weighted by Crippen LogP contribution is 2.28. The molecule has 1 aliphatic heterocycles. The molecule has 0 aliphatic carbocycles. The Bertz CT molecular complexity index is 635. The van der Waals surface area contributed by atoms with Gasteiger partial charge in [-0.25, -0.2) is 4.39 Å². The predicted molar refractivity (Wildman–Crippen MR) is 64.6 cm³/mol. The number of hydrogen-bond donors (Lipinski definition) is 0. The summed E-state index contributed by atoms with van der Waals surface area (Å²) in [5.41, 5.74) is 1.33. The second-order valence-electron chi connectivity index (χ2n) is 4.05. The van der Waals surface area contributed by atoms with E-state index in [0.717, 1.165) is 10.9 Å². The van der Waals surface area contributed by atoms with E-state index in [2.05, 4.69) is 15.9 Å². The molecule has 16 heavy (non-hydrogen) atoms. The SMILES string of the molecule is O=c1ccc2ccc(F)c3c2n1CC(Br)C3. The monoisotopic (exact) mass is 281 g/mol. The number of nitrogens with zero attached hydrogens (tertiary/aromatic N) is 1. The first-order valence-corrected chi connectivity index (χ1v) is 6.03. The van der Waals surface area contributed by atoms with Gasteiger partial charge in [0.2, 0.25) is 0 Å². The van der Waals surface area contributed by atoms with Crippen molar-refractivity contribution in [1.82, 2.24) is 4.57 Å². The third kappa shape index (κ3) is 1.33. The lowest BCUT2D eigenvalue weighted by atomic mass is 10.0. The van der Waals surface area contributed by atoms with Crippen LogP contribution in [-0.4, -0.2) is 9.39 Å². The second-order valence-corrected chi connectivity index (χ2v) is 5.34. The van der Waals surface area contributed by atoms with Crippen LogP contribution in [0.25, 0.3) is 10.9 Å². The van der Waals surface area contributed by atoms with Gasteiger partial charge < -0.3 is 4.57 Å². The smallest absolute Gasteiger partial charge is 0.251 e. The first kappa shape index (κ1) is 10.0. The molecule has 1 aromatic heterocycles. The molecule has 0 bridgehead atoms. The van der Waals surface area contributed by atoms with Crippen molar-refractivity contribution in [2.24, 2.45) is 0 Å². The minimum absolute atomic E-state index is 0.0662. The van der Waals surface area contributed by atoms with Crippen LogP contribution in [0.3, 0.4) is 0 Å². The molecule has 1 unspecified atom stereocenters. The van der Waals surface area contributed by atoms with E-state index in [1.54, 1.807) is 16.7 Å². The van der Waals surface area contributed by atoms with E-state index in [0.29, 0.717) is 18.5 Å². The van der Waals surface area contributed by atoms with Gasteiger partial charge in [-0.2, -0.15) is 0 Å². The van der Waals surface area contributed by atoms with Crippen LogP contribution < -0.4 is 5.56 Å². The molecular weight excluding hydrogens is 273 g/mol. The van der Waals surface area contributed by atoms with Crippen molar-refractivity contribution in [2.75, 3.05) is 0 Å². The molecule has 0 amide bonds. The molecule has 0 N–H and O–H groups in total. The van der Waals surface area contributed by atoms with E-state index in [9.17, 15) is 9.18 Å². The number of halogens is 2. The Kier molecular flexibility index (Phi) is 2.14. The van der Waals surface area contributed by atoms with Crippen molar-refractivity contribution in [3.8, 4) is 0 Å². The first-order chi connectivity index (χ1) is 7.66. The highest BCUT2D eigenvalue weighted by molar-refractivity contribution is 9.09. The number of pyridine rings is 1. The Labute approximate surface area is 99.8 Å².